The van der Waals surface area contributed by atoms with Crippen molar-refractivity contribution in [1.82, 2.24) is 10.3 Å². The lowest BCUT2D eigenvalue weighted by Crippen LogP contribution is -2.16. The number of benzene rings is 2. The molecule has 0 radical (unpaired) electrons. The smallest absolute Gasteiger partial charge is 0.227 e. The fraction of sp³-hybridized carbons (Fsp3) is 0.167. The number of nitrogens with one attached hydrogen (secondary N) is 1. The van der Waals surface area contributed by atoms with Crippen molar-refractivity contribution >= 4 is 15.9 Å². The van der Waals surface area contributed by atoms with Crippen LogP contribution in [-0.2, 0) is 13.0 Å². The van der Waals surface area contributed by atoms with Crippen LogP contribution in [0.15, 0.2) is 69.8 Å². The second kappa shape index (κ2) is 7.38. The van der Waals surface area contributed by atoms with Gasteiger partial charge in [-0.15, -0.1) is 0 Å². The predicted molar refractivity (Wildman–Crippen MR) is 91.5 cm³/mol. The van der Waals surface area contributed by atoms with Crippen LogP contribution in [0, 0.1) is 0 Å². The van der Waals surface area contributed by atoms with Crippen molar-refractivity contribution in [2.45, 2.75) is 13.0 Å². The molecule has 0 unspecified atom stereocenters. The average molecular weight is 357 g/mol. The third kappa shape index (κ3) is 3.84. The molecule has 0 atom stereocenters. The van der Waals surface area contributed by atoms with Crippen LogP contribution in [0.3, 0.4) is 0 Å². The molecular weight excluding hydrogens is 340 g/mol. The monoisotopic (exact) mass is 356 g/mol. The van der Waals surface area contributed by atoms with Gasteiger partial charge in [0.05, 0.1) is 11.3 Å². The standard InChI is InChI=1S/C18H17BrN2O/c19-17-9-5-4-8-16(17)18-21-15(13-22-18)12-20-11-10-14-6-2-1-3-7-14/h1-9,13,20H,10-12H2. The van der Waals surface area contributed by atoms with Crippen molar-refractivity contribution in [3.63, 3.8) is 0 Å². The van der Waals surface area contributed by atoms with Crippen LogP contribution in [0.25, 0.3) is 11.5 Å². The molecule has 0 aliphatic rings. The van der Waals surface area contributed by atoms with Gasteiger partial charge in [0, 0.05) is 11.0 Å². The molecule has 2 aromatic carbocycles. The average Bonchev–Trinajstić information content (AvgIpc) is 3.02. The molecule has 0 spiro atoms. The lowest BCUT2D eigenvalue weighted by Gasteiger charge is -2.02. The maximum absolute atomic E-state index is 5.57. The molecule has 0 aliphatic heterocycles. The Morgan fingerprint density at radius 2 is 1.77 bits per heavy atom. The van der Waals surface area contributed by atoms with E-state index < -0.39 is 0 Å². The molecule has 3 rings (SSSR count). The zero-order chi connectivity index (χ0) is 15.2. The molecular formula is C18H17BrN2O. The van der Waals surface area contributed by atoms with Gasteiger partial charge in [-0.3, -0.25) is 0 Å². The summed E-state index contributed by atoms with van der Waals surface area (Å²) in [6, 6.07) is 18.4. The van der Waals surface area contributed by atoms with Gasteiger partial charge in [0.1, 0.15) is 6.26 Å². The molecule has 1 aromatic heterocycles. The highest BCUT2D eigenvalue weighted by molar-refractivity contribution is 9.10. The third-order valence-electron chi connectivity index (χ3n) is 3.40. The largest absolute Gasteiger partial charge is 0.444 e. The Hall–Kier alpha value is -1.91. The van der Waals surface area contributed by atoms with Crippen molar-refractivity contribution in [1.29, 1.82) is 0 Å². The summed E-state index contributed by atoms with van der Waals surface area (Å²) in [7, 11) is 0. The van der Waals surface area contributed by atoms with E-state index in [1.165, 1.54) is 5.56 Å². The summed E-state index contributed by atoms with van der Waals surface area (Å²) in [5, 5.41) is 3.40. The molecule has 0 saturated heterocycles. The Bertz CT molecular complexity index is 725. The molecule has 3 aromatic rings. The lowest BCUT2D eigenvalue weighted by molar-refractivity contribution is 0.570. The normalized spacial score (nSPS) is 10.8. The highest BCUT2D eigenvalue weighted by atomic mass is 79.9. The van der Waals surface area contributed by atoms with Gasteiger partial charge >= 0.3 is 0 Å². The summed E-state index contributed by atoms with van der Waals surface area (Å²) in [5.74, 6) is 0.646. The Morgan fingerprint density at radius 3 is 2.59 bits per heavy atom. The number of nitrogens with zero attached hydrogens (tertiary/aromatic N) is 1. The molecule has 1 N–H and O–H groups in total. The van der Waals surface area contributed by atoms with Gasteiger partial charge in [0.25, 0.3) is 0 Å². The number of rotatable bonds is 6. The van der Waals surface area contributed by atoms with Crippen molar-refractivity contribution in [3.05, 3.63) is 76.6 Å². The summed E-state index contributed by atoms with van der Waals surface area (Å²) in [6.07, 6.45) is 2.72. The fourth-order valence-electron chi connectivity index (χ4n) is 2.24. The Labute approximate surface area is 138 Å². The van der Waals surface area contributed by atoms with Crippen LogP contribution in [0.1, 0.15) is 11.3 Å². The van der Waals surface area contributed by atoms with Gasteiger partial charge in [-0.1, -0.05) is 42.5 Å². The fourth-order valence-corrected chi connectivity index (χ4v) is 2.69. The van der Waals surface area contributed by atoms with E-state index in [1.807, 2.05) is 30.3 Å². The number of oxazole rings is 1. The second-order valence-corrected chi connectivity index (χ2v) is 5.89. The van der Waals surface area contributed by atoms with E-state index in [4.69, 9.17) is 4.42 Å². The van der Waals surface area contributed by atoms with Crippen LogP contribution < -0.4 is 5.32 Å². The molecule has 0 fully saturated rings. The van der Waals surface area contributed by atoms with E-state index in [0.717, 1.165) is 28.7 Å². The molecule has 0 bridgehead atoms. The molecule has 112 valence electrons. The summed E-state index contributed by atoms with van der Waals surface area (Å²) < 4.78 is 6.55. The first-order chi connectivity index (χ1) is 10.8. The van der Waals surface area contributed by atoms with Crippen LogP contribution in [-0.4, -0.2) is 11.5 Å². The summed E-state index contributed by atoms with van der Waals surface area (Å²) in [6.45, 7) is 1.63. The maximum atomic E-state index is 5.57. The highest BCUT2D eigenvalue weighted by Crippen LogP contribution is 2.26. The van der Waals surface area contributed by atoms with Gasteiger partial charge in [-0.25, -0.2) is 4.98 Å². The van der Waals surface area contributed by atoms with Gasteiger partial charge in [0.2, 0.25) is 5.89 Å². The first kappa shape index (κ1) is 15.0. The van der Waals surface area contributed by atoms with E-state index in [2.05, 4.69) is 50.5 Å². The van der Waals surface area contributed by atoms with Crippen LogP contribution in [0.5, 0.6) is 0 Å². The SMILES string of the molecule is Brc1ccccc1-c1nc(CNCCc2ccccc2)co1. The van der Waals surface area contributed by atoms with Crippen molar-refractivity contribution in [3.8, 4) is 11.5 Å². The lowest BCUT2D eigenvalue weighted by atomic mass is 10.1. The maximum Gasteiger partial charge on any atom is 0.227 e. The Morgan fingerprint density at radius 1 is 1.00 bits per heavy atom. The number of hydrogen-bond acceptors (Lipinski definition) is 3. The summed E-state index contributed by atoms with van der Waals surface area (Å²) in [5.41, 5.74) is 3.22. The Kier molecular flexibility index (Phi) is 5.03. The van der Waals surface area contributed by atoms with Crippen molar-refractivity contribution in [2.24, 2.45) is 0 Å². The molecule has 0 saturated carbocycles. The van der Waals surface area contributed by atoms with Crippen molar-refractivity contribution < 1.29 is 4.42 Å². The first-order valence-electron chi connectivity index (χ1n) is 7.27. The third-order valence-corrected chi connectivity index (χ3v) is 4.09. The van der Waals surface area contributed by atoms with Crippen molar-refractivity contribution in [2.75, 3.05) is 6.54 Å². The van der Waals surface area contributed by atoms with Crippen LogP contribution >= 0.6 is 15.9 Å². The minimum atomic E-state index is 0.646. The van der Waals surface area contributed by atoms with E-state index >= 15 is 0 Å². The molecule has 3 nitrogen and oxygen atoms in total. The second-order valence-electron chi connectivity index (χ2n) is 5.04. The summed E-state index contributed by atoms with van der Waals surface area (Å²) in [4.78, 5) is 4.53. The molecule has 4 heteroatoms. The topological polar surface area (TPSA) is 38.1 Å². The van der Waals surface area contributed by atoms with Gasteiger partial charge in [0.15, 0.2) is 0 Å². The number of hydrogen-bond donors (Lipinski definition) is 1. The number of halogens is 1. The minimum Gasteiger partial charge on any atom is -0.444 e. The van der Waals surface area contributed by atoms with E-state index in [9.17, 15) is 0 Å². The number of aromatic nitrogens is 1. The van der Waals surface area contributed by atoms with Gasteiger partial charge < -0.3 is 9.73 Å². The highest BCUT2D eigenvalue weighted by Gasteiger charge is 2.09. The van der Waals surface area contributed by atoms with E-state index in [1.54, 1.807) is 6.26 Å². The van der Waals surface area contributed by atoms with E-state index in [-0.39, 0.29) is 0 Å². The first-order valence-corrected chi connectivity index (χ1v) is 8.06. The molecule has 0 amide bonds. The Balaban J connectivity index is 1.53. The quantitative estimate of drug-likeness (QED) is 0.663. The van der Waals surface area contributed by atoms with Crippen LogP contribution in [0.2, 0.25) is 0 Å². The van der Waals surface area contributed by atoms with Crippen LogP contribution in [0.4, 0.5) is 0 Å². The van der Waals surface area contributed by atoms with Gasteiger partial charge in [-0.05, 0) is 46.6 Å². The van der Waals surface area contributed by atoms with E-state index in [0.29, 0.717) is 12.4 Å². The zero-order valence-electron chi connectivity index (χ0n) is 12.1. The van der Waals surface area contributed by atoms with Gasteiger partial charge in [-0.2, -0.15) is 0 Å². The predicted octanol–water partition coefficient (Wildman–Crippen LogP) is 4.44. The minimum absolute atomic E-state index is 0.646. The zero-order valence-corrected chi connectivity index (χ0v) is 13.7. The summed E-state index contributed by atoms with van der Waals surface area (Å²) >= 11 is 3.52. The molecule has 22 heavy (non-hydrogen) atoms. The molecule has 1 heterocycles. The molecule has 0 aliphatic carbocycles.